The molecule has 3 aromatic rings. The van der Waals surface area contributed by atoms with Crippen LogP contribution in [0.15, 0.2) is 48.5 Å². The largest absolute Gasteiger partial charge is 0.375 e. The van der Waals surface area contributed by atoms with Crippen LogP contribution in [0.25, 0.3) is 22.2 Å². The molecule has 1 aliphatic heterocycles. The first kappa shape index (κ1) is 17.7. The molecule has 1 amide bonds. The molecule has 0 radical (unpaired) electrons. The Hall–Kier alpha value is -2.66. The van der Waals surface area contributed by atoms with Gasteiger partial charge in [0, 0.05) is 36.1 Å². The van der Waals surface area contributed by atoms with Crippen LogP contribution in [-0.2, 0) is 16.0 Å². The maximum Gasteiger partial charge on any atom is 0.223 e. The van der Waals surface area contributed by atoms with Crippen molar-refractivity contribution in [2.75, 3.05) is 19.7 Å². The lowest BCUT2D eigenvalue weighted by Gasteiger charge is -2.31. The van der Waals surface area contributed by atoms with Gasteiger partial charge < -0.3 is 14.6 Å². The topological polar surface area (TPSA) is 45.3 Å². The number of nitrogens with one attached hydrogen (secondary N) is 1. The lowest BCUT2D eigenvalue weighted by Crippen LogP contribution is -2.44. The van der Waals surface area contributed by atoms with E-state index in [0.717, 1.165) is 27.7 Å². The number of aryl methyl sites for hydroxylation is 1. The third-order valence-corrected chi connectivity index (χ3v) is 5.13. The molecule has 4 nitrogen and oxygen atoms in total. The number of aromatic nitrogens is 1. The Labute approximate surface area is 157 Å². The standard InChI is InChI=1S/C22H23FN2O2/c1-15-14-25(12-13-27-15)21(26)11-10-19-18-4-2-3-5-20(18)24-22(19)16-6-8-17(23)9-7-16/h2-9,15,24H,10-14H2,1H3. The van der Waals surface area contributed by atoms with E-state index in [4.69, 9.17) is 4.74 Å². The fourth-order valence-corrected chi connectivity index (χ4v) is 3.76. The summed E-state index contributed by atoms with van der Waals surface area (Å²) in [6, 6.07) is 14.5. The van der Waals surface area contributed by atoms with Crippen molar-refractivity contribution in [1.82, 2.24) is 9.88 Å². The van der Waals surface area contributed by atoms with Crippen molar-refractivity contribution in [2.45, 2.75) is 25.9 Å². The number of aromatic amines is 1. The van der Waals surface area contributed by atoms with Gasteiger partial charge in [0.2, 0.25) is 5.91 Å². The number of benzene rings is 2. The number of fused-ring (bicyclic) bond motifs is 1. The fourth-order valence-electron chi connectivity index (χ4n) is 3.76. The highest BCUT2D eigenvalue weighted by atomic mass is 19.1. The molecule has 1 unspecified atom stereocenters. The molecular formula is C22H23FN2O2. The molecule has 0 aliphatic carbocycles. The van der Waals surface area contributed by atoms with Gasteiger partial charge in [-0.05, 0) is 54.8 Å². The van der Waals surface area contributed by atoms with Crippen LogP contribution >= 0.6 is 0 Å². The number of hydrogen-bond donors (Lipinski definition) is 1. The first-order valence-electron chi connectivity index (χ1n) is 9.36. The molecule has 0 saturated carbocycles. The van der Waals surface area contributed by atoms with Crippen LogP contribution in [0.1, 0.15) is 18.9 Å². The number of hydrogen-bond acceptors (Lipinski definition) is 2. The van der Waals surface area contributed by atoms with E-state index in [1.807, 2.05) is 30.0 Å². The minimum absolute atomic E-state index is 0.0885. The van der Waals surface area contributed by atoms with E-state index in [9.17, 15) is 9.18 Å². The Morgan fingerprint density at radius 1 is 1.22 bits per heavy atom. The number of carbonyl (C=O) groups excluding carboxylic acids is 1. The van der Waals surface area contributed by atoms with E-state index in [-0.39, 0.29) is 17.8 Å². The summed E-state index contributed by atoms with van der Waals surface area (Å²) in [7, 11) is 0. The smallest absolute Gasteiger partial charge is 0.223 e. The molecule has 140 valence electrons. The van der Waals surface area contributed by atoms with Crippen LogP contribution < -0.4 is 0 Å². The van der Waals surface area contributed by atoms with Gasteiger partial charge in [0.15, 0.2) is 0 Å². The Morgan fingerprint density at radius 3 is 2.78 bits per heavy atom. The highest BCUT2D eigenvalue weighted by molar-refractivity contribution is 5.91. The predicted molar refractivity (Wildman–Crippen MR) is 104 cm³/mol. The first-order chi connectivity index (χ1) is 13.1. The minimum atomic E-state index is -0.256. The van der Waals surface area contributed by atoms with Crippen molar-refractivity contribution in [3.05, 3.63) is 59.9 Å². The van der Waals surface area contributed by atoms with Gasteiger partial charge in [0.05, 0.1) is 12.7 Å². The number of H-pyrrole nitrogens is 1. The Kier molecular flexibility index (Phi) is 4.94. The molecule has 1 fully saturated rings. The molecule has 1 aromatic heterocycles. The van der Waals surface area contributed by atoms with Gasteiger partial charge in [0.1, 0.15) is 5.82 Å². The highest BCUT2D eigenvalue weighted by Crippen LogP contribution is 2.31. The fraction of sp³-hybridized carbons (Fsp3) is 0.318. The van der Waals surface area contributed by atoms with Crippen LogP contribution in [0.5, 0.6) is 0 Å². The number of halogens is 1. The average molecular weight is 366 g/mol. The quantitative estimate of drug-likeness (QED) is 0.754. The molecule has 2 aromatic carbocycles. The molecular weight excluding hydrogens is 343 g/mol. The molecule has 1 saturated heterocycles. The van der Waals surface area contributed by atoms with Gasteiger partial charge in [-0.1, -0.05) is 18.2 Å². The summed E-state index contributed by atoms with van der Waals surface area (Å²) in [5.74, 6) is -0.103. The summed E-state index contributed by atoms with van der Waals surface area (Å²) in [6.45, 7) is 3.89. The van der Waals surface area contributed by atoms with Crippen molar-refractivity contribution >= 4 is 16.8 Å². The lowest BCUT2D eigenvalue weighted by molar-refractivity contribution is -0.138. The Balaban J connectivity index is 1.61. The first-order valence-corrected chi connectivity index (χ1v) is 9.36. The second-order valence-corrected chi connectivity index (χ2v) is 7.05. The van der Waals surface area contributed by atoms with Crippen molar-refractivity contribution in [3.63, 3.8) is 0 Å². The van der Waals surface area contributed by atoms with Gasteiger partial charge in [-0.2, -0.15) is 0 Å². The van der Waals surface area contributed by atoms with Crippen molar-refractivity contribution in [3.8, 4) is 11.3 Å². The van der Waals surface area contributed by atoms with Crippen molar-refractivity contribution in [1.29, 1.82) is 0 Å². The van der Waals surface area contributed by atoms with Gasteiger partial charge in [-0.15, -0.1) is 0 Å². The van der Waals surface area contributed by atoms with Gasteiger partial charge in [-0.3, -0.25) is 4.79 Å². The molecule has 1 aliphatic rings. The summed E-state index contributed by atoms with van der Waals surface area (Å²) in [5.41, 5.74) is 4.01. The van der Waals surface area contributed by atoms with Crippen LogP contribution in [-0.4, -0.2) is 41.6 Å². The van der Waals surface area contributed by atoms with Crippen LogP contribution in [0, 0.1) is 5.82 Å². The monoisotopic (exact) mass is 366 g/mol. The number of amides is 1. The number of rotatable bonds is 4. The second kappa shape index (κ2) is 7.53. The molecule has 1 atom stereocenters. The normalized spacial score (nSPS) is 17.4. The maximum absolute atomic E-state index is 13.3. The zero-order valence-corrected chi connectivity index (χ0v) is 15.4. The predicted octanol–water partition coefficient (Wildman–Crippen LogP) is 4.15. The van der Waals surface area contributed by atoms with E-state index < -0.39 is 0 Å². The van der Waals surface area contributed by atoms with Gasteiger partial charge in [0.25, 0.3) is 0 Å². The molecule has 0 bridgehead atoms. The molecule has 0 spiro atoms. The molecule has 4 rings (SSSR count). The van der Waals surface area contributed by atoms with E-state index in [0.29, 0.717) is 32.5 Å². The molecule has 2 heterocycles. The lowest BCUT2D eigenvalue weighted by atomic mass is 10.0. The van der Waals surface area contributed by atoms with Crippen molar-refractivity contribution < 1.29 is 13.9 Å². The third-order valence-electron chi connectivity index (χ3n) is 5.13. The summed E-state index contributed by atoms with van der Waals surface area (Å²) < 4.78 is 18.9. The highest BCUT2D eigenvalue weighted by Gasteiger charge is 2.22. The van der Waals surface area contributed by atoms with E-state index >= 15 is 0 Å². The number of ether oxygens (including phenoxy) is 1. The summed E-state index contributed by atoms with van der Waals surface area (Å²) in [6.07, 6.45) is 1.18. The van der Waals surface area contributed by atoms with Gasteiger partial charge in [-0.25, -0.2) is 4.39 Å². The number of para-hydroxylation sites is 1. The van der Waals surface area contributed by atoms with Gasteiger partial charge >= 0.3 is 0 Å². The summed E-state index contributed by atoms with van der Waals surface area (Å²) in [5, 5.41) is 1.11. The van der Waals surface area contributed by atoms with Crippen LogP contribution in [0.2, 0.25) is 0 Å². The summed E-state index contributed by atoms with van der Waals surface area (Å²) in [4.78, 5) is 18.0. The zero-order valence-electron chi connectivity index (χ0n) is 15.4. The van der Waals surface area contributed by atoms with E-state index in [1.54, 1.807) is 12.1 Å². The Morgan fingerprint density at radius 2 is 2.00 bits per heavy atom. The zero-order chi connectivity index (χ0) is 18.8. The number of carbonyl (C=O) groups is 1. The summed E-state index contributed by atoms with van der Waals surface area (Å²) >= 11 is 0. The third kappa shape index (κ3) is 3.74. The molecule has 5 heteroatoms. The number of nitrogens with zero attached hydrogens (tertiary/aromatic N) is 1. The van der Waals surface area contributed by atoms with Crippen LogP contribution in [0.4, 0.5) is 4.39 Å². The van der Waals surface area contributed by atoms with Crippen molar-refractivity contribution in [2.24, 2.45) is 0 Å². The van der Waals surface area contributed by atoms with Crippen LogP contribution in [0.3, 0.4) is 0 Å². The minimum Gasteiger partial charge on any atom is -0.375 e. The average Bonchev–Trinajstić information content (AvgIpc) is 3.05. The number of morpholine rings is 1. The molecule has 27 heavy (non-hydrogen) atoms. The van der Waals surface area contributed by atoms with E-state index in [1.165, 1.54) is 12.1 Å². The van der Waals surface area contributed by atoms with E-state index in [2.05, 4.69) is 11.1 Å². The Bertz CT molecular complexity index is 949. The second-order valence-electron chi connectivity index (χ2n) is 7.05. The SMILES string of the molecule is CC1CN(C(=O)CCc2c(-c3ccc(F)cc3)[nH]c3ccccc23)CCO1. The molecule has 1 N–H and O–H groups in total. The maximum atomic E-state index is 13.3.